The van der Waals surface area contributed by atoms with Crippen LogP contribution in [0.4, 0.5) is 32.2 Å². The molecule has 1 aromatic heterocycles. The van der Waals surface area contributed by atoms with Crippen molar-refractivity contribution in [2.24, 2.45) is 5.92 Å². The number of halogens is 6. The minimum atomic E-state index is -4.95. The highest BCUT2D eigenvalue weighted by molar-refractivity contribution is 7.80. The van der Waals surface area contributed by atoms with E-state index in [9.17, 15) is 26.3 Å². The van der Waals surface area contributed by atoms with Gasteiger partial charge in [0.15, 0.2) is 5.11 Å². The van der Waals surface area contributed by atoms with E-state index in [2.05, 4.69) is 10.2 Å². The molecule has 43 heavy (non-hydrogen) atoms. The number of nitrogens with one attached hydrogen (secondary N) is 1. The molecule has 1 aliphatic rings. The van der Waals surface area contributed by atoms with E-state index in [1.807, 2.05) is 39.0 Å². The van der Waals surface area contributed by atoms with Crippen LogP contribution in [0, 0.1) is 5.92 Å². The Hall–Kier alpha value is -2.86. The first-order valence-electron chi connectivity index (χ1n) is 14.6. The summed E-state index contributed by atoms with van der Waals surface area (Å²) < 4.78 is 87.1. The summed E-state index contributed by atoms with van der Waals surface area (Å²) in [6.07, 6.45) is -1.43. The van der Waals surface area contributed by atoms with Crippen molar-refractivity contribution in [2.45, 2.75) is 78.8 Å². The molecule has 0 unspecified atom stereocenters. The van der Waals surface area contributed by atoms with Gasteiger partial charge in [0.1, 0.15) is 12.5 Å². The number of rotatable bonds is 11. The number of anilines is 1. The van der Waals surface area contributed by atoms with E-state index < -0.39 is 23.5 Å². The number of pyridine rings is 1. The van der Waals surface area contributed by atoms with Crippen molar-refractivity contribution >= 4 is 35.3 Å². The van der Waals surface area contributed by atoms with Gasteiger partial charge in [0.25, 0.3) is 0 Å². The summed E-state index contributed by atoms with van der Waals surface area (Å²) in [7, 11) is 0. The van der Waals surface area contributed by atoms with Gasteiger partial charge in [-0.1, -0.05) is 25.0 Å². The number of hydrogen-bond acceptors (Lipinski definition) is 4. The van der Waals surface area contributed by atoms with Crippen LogP contribution in [0.5, 0.6) is 0 Å². The first kappa shape index (κ1) is 34.6. The molecule has 0 bridgehead atoms. The monoisotopic (exact) mass is 630 g/mol. The van der Waals surface area contributed by atoms with Crippen LogP contribution < -0.4 is 20.8 Å². The van der Waals surface area contributed by atoms with Gasteiger partial charge < -0.3 is 19.9 Å². The topological polar surface area (TPSA) is 40.6 Å². The highest BCUT2D eigenvalue weighted by Gasteiger charge is 2.37. The van der Waals surface area contributed by atoms with Crippen LogP contribution in [0.1, 0.15) is 75.6 Å². The van der Waals surface area contributed by atoms with Gasteiger partial charge in [0.05, 0.1) is 16.5 Å². The lowest BCUT2D eigenvalue weighted by atomic mass is 10.0. The SMILES string of the molecule is CC=c1cc(CN(Cc2cc(C(F)(F)F)cc(C(F)(F)F)c2)C(=S)NCOCC)c(N(CC)CC2CCCC2)nc1=CC. The second-order valence-electron chi connectivity index (χ2n) is 10.6. The summed E-state index contributed by atoms with van der Waals surface area (Å²) in [5.41, 5.74) is -2.14. The number of nitrogens with zero attached hydrogens (tertiary/aromatic N) is 3. The second kappa shape index (κ2) is 15.2. The molecule has 3 rings (SSSR count). The summed E-state index contributed by atoms with van der Waals surface area (Å²) >= 11 is 5.61. The standard InChI is InChI=1S/C31H40F6N4OS/c1-5-23-15-24(28(39-27(23)6-2)40(7-3)17-21-11-9-10-12-21)19-41(29(43)38-20-42-8-4)18-22-13-25(30(32,33)34)16-26(14-22)31(35,36)37/h5-6,13-16,21H,7-12,17-20H2,1-4H3,(H,38,43). The molecule has 1 aliphatic carbocycles. The van der Waals surface area contributed by atoms with E-state index in [4.69, 9.17) is 21.9 Å². The van der Waals surface area contributed by atoms with Crippen molar-refractivity contribution < 1.29 is 31.1 Å². The second-order valence-corrected chi connectivity index (χ2v) is 11.0. The molecule has 0 radical (unpaired) electrons. The zero-order valence-corrected chi connectivity index (χ0v) is 25.9. The number of hydrogen-bond donors (Lipinski definition) is 1. The van der Waals surface area contributed by atoms with Gasteiger partial charge in [-0.25, -0.2) is 4.98 Å². The van der Waals surface area contributed by atoms with Gasteiger partial charge in [0, 0.05) is 38.3 Å². The van der Waals surface area contributed by atoms with Gasteiger partial charge in [-0.2, -0.15) is 26.3 Å². The molecule has 1 N–H and O–H groups in total. The molecule has 0 spiro atoms. The Labute approximate surface area is 254 Å². The Morgan fingerprint density at radius 3 is 2.12 bits per heavy atom. The lowest BCUT2D eigenvalue weighted by Crippen LogP contribution is -2.42. The number of ether oxygens (including phenoxy) is 1. The number of alkyl halides is 6. The van der Waals surface area contributed by atoms with Crippen LogP contribution in [0.2, 0.25) is 0 Å². The summed E-state index contributed by atoms with van der Waals surface area (Å²) in [6.45, 7) is 9.35. The molecule has 238 valence electrons. The maximum atomic E-state index is 13.6. The summed E-state index contributed by atoms with van der Waals surface area (Å²) in [5.74, 6) is 1.25. The molecule has 0 aliphatic heterocycles. The summed E-state index contributed by atoms with van der Waals surface area (Å²) in [4.78, 5) is 8.75. The molecule has 2 aromatic rings. The largest absolute Gasteiger partial charge is 0.416 e. The first-order chi connectivity index (χ1) is 20.3. The highest BCUT2D eigenvalue weighted by atomic mass is 32.1. The summed E-state index contributed by atoms with van der Waals surface area (Å²) in [6, 6.07) is 3.59. The molecule has 12 heteroatoms. The molecular weight excluding hydrogens is 590 g/mol. The van der Waals surface area contributed by atoms with Crippen LogP contribution in [0.15, 0.2) is 24.3 Å². The minimum absolute atomic E-state index is 0.0355. The van der Waals surface area contributed by atoms with Gasteiger partial charge in [-0.05, 0) is 93.7 Å². The predicted octanol–water partition coefficient (Wildman–Crippen LogP) is 6.61. The van der Waals surface area contributed by atoms with Crippen molar-refractivity contribution in [2.75, 3.05) is 31.3 Å². The van der Waals surface area contributed by atoms with Gasteiger partial charge in [-0.15, -0.1) is 0 Å². The minimum Gasteiger partial charge on any atom is -0.362 e. The zero-order chi connectivity index (χ0) is 31.8. The summed E-state index contributed by atoms with van der Waals surface area (Å²) in [5, 5.41) is 4.73. The van der Waals surface area contributed by atoms with E-state index >= 15 is 0 Å². The maximum absolute atomic E-state index is 13.6. The van der Waals surface area contributed by atoms with Crippen LogP contribution in [-0.4, -0.2) is 41.4 Å². The predicted molar refractivity (Wildman–Crippen MR) is 162 cm³/mol. The quantitative estimate of drug-likeness (QED) is 0.131. The van der Waals surface area contributed by atoms with Gasteiger partial charge >= 0.3 is 12.4 Å². The molecule has 1 aromatic carbocycles. The zero-order valence-electron chi connectivity index (χ0n) is 25.0. The van der Waals surface area contributed by atoms with Crippen LogP contribution >= 0.6 is 12.2 Å². The Balaban J connectivity index is 2.11. The fourth-order valence-corrected chi connectivity index (χ4v) is 5.55. The average Bonchev–Trinajstić information content (AvgIpc) is 3.47. The molecule has 5 nitrogen and oxygen atoms in total. The molecular formula is C31H40F6N4OS. The third kappa shape index (κ3) is 9.56. The van der Waals surface area contributed by atoms with Crippen LogP contribution in [0.3, 0.4) is 0 Å². The van der Waals surface area contributed by atoms with Crippen molar-refractivity contribution in [3.05, 3.63) is 57.1 Å². The number of thiocarbonyl (C=S) groups is 1. The van der Waals surface area contributed by atoms with Crippen molar-refractivity contribution in [1.29, 1.82) is 0 Å². The van der Waals surface area contributed by atoms with E-state index in [0.717, 1.165) is 53.5 Å². The Morgan fingerprint density at radius 2 is 1.60 bits per heavy atom. The van der Waals surface area contributed by atoms with E-state index in [-0.39, 0.29) is 36.6 Å². The third-order valence-electron chi connectivity index (χ3n) is 7.56. The molecule has 0 saturated heterocycles. The Kier molecular flexibility index (Phi) is 12.3. The smallest absolute Gasteiger partial charge is 0.362 e. The van der Waals surface area contributed by atoms with Crippen molar-refractivity contribution in [3.63, 3.8) is 0 Å². The Morgan fingerprint density at radius 1 is 0.977 bits per heavy atom. The highest BCUT2D eigenvalue weighted by Crippen LogP contribution is 2.37. The first-order valence-corrected chi connectivity index (χ1v) is 15.0. The fourth-order valence-electron chi connectivity index (χ4n) is 5.36. The van der Waals surface area contributed by atoms with E-state index in [0.29, 0.717) is 19.1 Å². The van der Waals surface area contributed by atoms with Gasteiger partial charge in [-0.3, -0.25) is 0 Å². The Bertz CT molecular complexity index is 1320. The van der Waals surface area contributed by atoms with Crippen LogP contribution in [-0.2, 0) is 30.2 Å². The van der Waals surface area contributed by atoms with E-state index in [1.54, 1.807) is 11.8 Å². The lowest BCUT2D eigenvalue weighted by Gasteiger charge is -2.31. The lowest BCUT2D eigenvalue weighted by molar-refractivity contribution is -0.143. The number of aromatic nitrogens is 1. The fraction of sp³-hybridized carbons (Fsp3) is 0.548. The van der Waals surface area contributed by atoms with E-state index in [1.165, 1.54) is 12.8 Å². The normalized spacial score (nSPS) is 15.3. The molecule has 0 atom stereocenters. The van der Waals surface area contributed by atoms with Gasteiger partial charge in [0.2, 0.25) is 0 Å². The van der Waals surface area contributed by atoms with Crippen molar-refractivity contribution in [3.8, 4) is 0 Å². The van der Waals surface area contributed by atoms with Crippen LogP contribution in [0.25, 0.3) is 12.2 Å². The molecule has 0 amide bonds. The maximum Gasteiger partial charge on any atom is 0.416 e. The molecule has 1 fully saturated rings. The molecule has 1 heterocycles. The number of benzene rings is 1. The third-order valence-corrected chi connectivity index (χ3v) is 7.96. The van der Waals surface area contributed by atoms with Crippen molar-refractivity contribution in [1.82, 2.24) is 15.2 Å². The molecule has 1 saturated carbocycles. The average molecular weight is 631 g/mol.